The Bertz CT molecular complexity index is 894. The summed E-state index contributed by atoms with van der Waals surface area (Å²) in [4.78, 5) is 45.5. The maximum Gasteiger partial charge on any atom is 0.394 e. The summed E-state index contributed by atoms with van der Waals surface area (Å²) in [6.07, 6.45) is 0. The number of carboxylic acids is 2. The van der Waals surface area contributed by atoms with E-state index in [1.165, 1.54) is 13.2 Å². The first kappa shape index (κ1) is 19.7. The van der Waals surface area contributed by atoms with Gasteiger partial charge in [0.15, 0.2) is 0 Å². The molecule has 0 spiro atoms. The van der Waals surface area contributed by atoms with Crippen LogP contribution in [0, 0.1) is 0 Å². The number of anilines is 2. The van der Waals surface area contributed by atoms with Gasteiger partial charge in [-0.3, -0.25) is 4.79 Å². The van der Waals surface area contributed by atoms with Gasteiger partial charge in [0.2, 0.25) is 0 Å². The number of para-hydroxylation sites is 2. The van der Waals surface area contributed by atoms with Crippen LogP contribution in [-0.4, -0.2) is 41.2 Å². The molecule has 0 aliphatic heterocycles. The molecule has 10 nitrogen and oxygen atoms in total. The van der Waals surface area contributed by atoms with E-state index in [2.05, 4.69) is 10.6 Å². The number of thiophene rings is 1. The maximum atomic E-state index is 12.0. The lowest BCUT2D eigenvalue weighted by molar-refractivity contribution is -0.147. The molecular formula is C16H15N3O7S. The van der Waals surface area contributed by atoms with Crippen molar-refractivity contribution in [2.45, 2.75) is 6.54 Å². The van der Waals surface area contributed by atoms with Gasteiger partial charge >= 0.3 is 23.9 Å². The quantitative estimate of drug-likeness (QED) is 0.469. The van der Waals surface area contributed by atoms with Crippen LogP contribution in [-0.2, 0) is 16.1 Å². The molecular weight excluding hydrogens is 378 g/mol. The van der Waals surface area contributed by atoms with E-state index >= 15 is 0 Å². The number of carboxylic acid groups (broad SMARTS) is 2. The highest BCUT2D eigenvalue weighted by Crippen LogP contribution is 2.28. The summed E-state index contributed by atoms with van der Waals surface area (Å²) in [5.41, 5.74) is 0.181. The Kier molecular flexibility index (Phi) is 6.33. The van der Waals surface area contributed by atoms with Crippen molar-refractivity contribution in [1.82, 2.24) is 5.32 Å². The van der Waals surface area contributed by atoms with Crippen molar-refractivity contribution in [2.75, 3.05) is 17.7 Å². The van der Waals surface area contributed by atoms with Gasteiger partial charge in [0.05, 0.1) is 24.9 Å². The Morgan fingerprint density at radius 3 is 2.44 bits per heavy atom. The molecule has 1 aromatic heterocycles. The zero-order valence-corrected chi connectivity index (χ0v) is 14.8. The minimum absolute atomic E-state index is 0.0329. The van der Waals surface area contributed by atoms with Crippen LogP contribution in [0.2, 0.25) is 0 Å². The lowest BCUT2D eigenvalue weighted by Crippen LogP contribution is -2.28. The third kappa shape index (κ3) is 5.19. The lowest BCUT2D eigenvalue weighted by Gasteiger charge is -2.10. The number of carbonyl (C=O) groups is 4. The van der Waals surface area contributed by atoms with Crippen molar-refractivity contribution < 1.29 is 34.1 Å². The second-order valence-corrected chi connectivity index (χ2v) is 6.16. The summed E-state index contributed by atoms with van der Waals surface area (Å²) in [7, 11) is 1.46. The number of aliphatic carboxylic acids is 1. The molecule has 2 aromatic rings. The van der Waals surface area contributed by atoms with E-state index in [1.54, 1.807) is 24.3 Å². The molecule has 0 unspecified atom stereocenters. The second kappa shape index (κ2) is 8.67. The fourth-order valence-corrected chi connectivity index (χ4v) is 3.00. The first-order valence-corrected chi connectivity index (χ1v) is 8.21. The van der Waals surface area contributed by atoms with Crippen LogP contribution in [0.4, 0.5) is 15.5 Å². The molecule has 27 heavy (non-hydrogen) atoms. The summed E-state index contributed by atoms with van der Waals surface area (Å²) in [5, 5.41) is 24.8. The minimum Gasteiger partial charge on any atom is -0.495 e. The number of methoxy groups -OCH3 is 1. The first-order valence-electron chi connectivity index (χ1n) is 7.40. The molecule has 142 valence electrons. The Hall–Kier alpha value is -3.60. The number of rotatable bonds is 6. The number of hydrogen-bond donors (Lipinski definition) is 5. The summed E-state index contributed by atoms with van der Waals surface area (Å²) < 4.78 is 5.12. The van der Waals surface area contributed by atoms with Crippen LogP contribution in [0.5, 0.6) is 5.75 Å². The summed E-state index contributed by atoms with van der Waals surface area (Å²) in [5.74, 6) is -3.96. The van der Waals surface area contributed by atoms with E-state index in [0.717, 1.165) is 11.3 Å². The van der Waals surface area contributed by atoms with Gasteiger partial charge in [0, 0.05) is 4.88 Å². The topological polar surface area (TPSA) is 154 Å². The number of urea groups is 1. The third-order valence-corrected chi connectivity index (χ3v) is 4.26. The largest absolute Gasteiger partial charge is 0.495 e. The van der Waals surface area contributed by atoms with Crippen LogP contribution >= 0.6 is 11.3 Å². The second-order valence-electron chi connectivity index (χ2n) is 5.03. The van der Waals surface area contributed by atoms with Crippen LogP contribution in [0.25, 0.3) is 0 Å². The highest BCUT2D eigenvalue weighted by Gasteiger charge is 2.20. The number of carbonyl (C=O) groups excluding carboxylic acids is 2. The SMILES string of the molecule is COc1ccccc1NC(=O)NCc1cc(C(=O)O)c(NC(=O)C(=O)O)s1. The van der Waals surface area contributed by atoms with E-state index in [9.17, 15) is 19.2 Å². The smallest absolute Gasteiger partial charge is 0.394 e. The Morgan fingerprint density at radius 2 is 1.81 bits per heavy atom. The highest BCUT2D eigenvalue weighted by atomic mass is 32.1. The van der Waals surface area contributed by atoms with Gasteiger partial charge in [-0.25, -0.2) is 14.4 Å². The summed E-state index contributed by atoms with van der Waals surface area (Å²) in [6.45, 7) is -0.0329. The van der Waals surface area contributed by atoms with Gasteiger partial charge in [0.1, 0.15) is 10.8 Å². The zero-order valence-electron chi connectivity index (χ0n) is 13.9. The summed E-state index contributed by atoms with van der Waals surface area (Å²) in [6, 6.07) is 7.47. The molecule has 2 rings (SSSR count). The van der Waals surface area contributed by atoms with Crippen molar-refractivity contribution in [1.29, 1.82) is 0 Å². The fraction of sp³-hybridized carbons (Fsp3) is 0.125. The molecule has 0 saturated heterocycles. The first-order chi connectivity index (χ1) is 12.8. The Labute approximate surface area is 156 Å². The molecule has 0 radical (unpaired) electrons. The monoisotopic (exact) mass is 393 g/mol. The van der Waals surface area contributed by atoms with Gasteiger partial charge < -0.3 is 30.9 Å². The predicted molar refractivity (Wildman–Crippen MR) is 96.4 cm³/mol. The molecule has 0 saturated carbocycles. The highest BCUT2D eigenvalue weighted by molar-refractivity contribution is 7.16. The van der Waals surface area contributed by atoms with E-state index in [4.69, 9.17) is 14.9 Å². The lowest BCUT2D eigenvalue weighted by atomic mass is 10.3. The average Bonchev–Trinajstić information content (AvgIpc) is 3.03. The zero-order chi connectivity index (χ0) is 20.0. The van der Waals surface area contributed by atoms with Gasteiger partial charge in [0.25, 0.3) is 0 Å². The number of aromatic carboxylic acids is 1. The van der Waals surface area contributed by atoms with Crippen molar-refractivity contribution in [2.24, 2.45) is 0 Å². The van der Waals surface area contributed by atoms with E-state index in [0.29, 0.717) is 16.3 Å². The van der Waals surface area contributed by atoms with Gasteiger partial charge in [-0.15, -0.1) is 11.3 Å². The van der Waals surface area contributed by atoms with Crippen LogP contribution in [0.3, 0.4) is 0 Å². The number of nitrogens with one attached hydrogen (secondary N) is 3. The number of ether oxygens (including phenoxy) is 1. The number of hydrogen-bond acceptors (Lipinski definition) is 6. The molecule has 0 aliphatic carbocycles. The van der Waals surface area contributed by atoms with Crippen molar-refractivity contribution in [3.8, 4) is 5.75 Å². The van der Waals surface area contributed by atoms with Crippen LogP contribution in [0.1, 0.15) is 15.2 Å². The van der Waals surface area contributed by atoms with E-state index < -0.39 is 23.9 Å². The Morgan fingerprint density at radius 1 is 1.11 bits per heavy atom. The minimum atomic E-state index is -1.74. The molecule has 1 heterocycles. The van der Waals surface area contributed by atoms with E-state index in [1.807, 2.05) is 5.32 Å². The molecule has 0 atom stereocenters. The molecule has 1 aromatic carbocycles. The average molecular weight is 393 g/mol. The van der Waals surface area contributed by atoms with E-state index in [-0.39, 0.29) is 17.1 Å². The normalized spacial score (nSPS) is 9.96. The predicted octanol–water partition coefficient (Wildman–Crippen LogP) is 1.80. The van der Waals surface area contributed by atoms with Gasteiger partial charge in [-0.2, -0.15) is 0 Å². The molecule has 3 amide bonds. The summed E-state index contributed by atoms with van der Waals surface area (Å²) >= 11 is 0.846. The fourth-order valence-electron chi connectivity index (χ4n) is 2.02. The van der Waals surface area contributed by atoms with Crippen molar-refractivity contribution in [3.05, 3.63) is 40.8 Å². The maximum absolute atomic E-state index is 12.0. The molecule has 5 N–H and O–H groups in total. The molecule has 11 heteroatoms. The van der Waals surface area contributed by atoms with Gasteiger partial charge in [-0.05, 0) is 18.2 Å². The third-order valence-electron chi connectivity index (χ3n) is 3.21. The standard InChI is InChI=1S/C16H15N3O7S/c1-26-11-5-3-2-4-10(11)18-16(25)17-7-8-6-9(14(21)22)13(27-8)19-12(20)15(23)24/h2-6H,7H2,1H3,(H,19,20)(H,21,22)(H,23,24)(H2,17,18,25). The van der Waals surface area contributed by atoms with Crippen molar-refractivity contribution in [3.63, 3.8) is 0 Å². The Balaban J connectivity index is 2.04. The molecule has 0 aliphatic rings. The van der Waals surface area contributed by atoms with Crippen LogP contribution < -0.4 is 20.7 Å². The number of amides is 3. The van der Waals surface area contributed by atoms with Crippen LogP contribution in [0.15, 0.2) is 30.3 Å². The molecule has 0 bridgehead atoms. The molecule has 0 fully saturated rings. The number of benzene rings is 1. The van der Waals surface area contributed by atoms with Crippen molar-refractivity contribution >= 4 is 45.9 Å². The van der Waals surface area contributed by atoms with Gasteiger partial charge in [-0.1, -0.05) is 12.1 Å².